The van der Waals surface area contributed by atoms with E-state index >= 15 is 0 Å². The predicted molar refractivity (Wildman–Crippen MR) is 92.7 cm³/mol. The number of carbonyl (C=O) groups excluding carboxylic acids is 1. The van der Waals surface area contributed by atoms with Gasteiger partial charge in [-0.25, -0.2) is 8.78 Å². The lowest BCUT2D eigenvalue weighted by molar-refractivity contribution is 0.102. The molecule has 4 rings (SSSR count). The maximum atomic E-state index is 13.4. The molecule has 1 aliphatic carbocycles. The molecular weight excluding hydrogens is 322 g/mol. The zero-order chi connectivity index (χ0) is 17.4. The number of pyridine rings is 1. The minimum absolute atomic E-state index is 0.231. The normalized spacial score (nSPS) is 13.5. The molecule has 0 bridgehead atoms. The smallest absolute Gasteiger partial charge is 0.256 e. The van der Waals surface area contributed by atoms with Gasteiger partial charge >= 0.3 is 0 Å². The van der Waals surface area contributed by atoms with Crippen molar-refractivity contribution in [2.45, 2.75) is 25.7 Å². The van der Waals surface area contributed by atoms with Gasteiger partial charge in [-0.3, -0.25) is 9.78 Å². The van der Waals surface area contributed by atoms with E-state index in [0.29, 0.717) is 5.56 Å². The monoisotopic (exact) mass is 338 g/mol. The van der Waals surface area contributed by atoms with Crippen LogP contribution >= 0.6 is 0 Å². The molecule has 1 N–H and O–H groups in total. The van der Waals surface area contributed by atoms with Crippen LogP contribution in [0.3, 0.4) is 0 Å². The molecule has 0 unspecified atom stereocenters. The molecule has 3 aromatic rings. The first-order valence-corrected chi connectivity index (χ1v) is 8.30. The minimum Gasteiger partial charge on any atom is -0.322 e. The third kappa shape index (κ3) is 2.86. The second-order valence-electron chi connectivity index (χ2n) is 6.22. The quantitative estimate of drug-likeness (QED) is 0.739. The van der Waals surface area contributed by atoms with Gasteiger partial charge in [0.05, 0.1) is 11.1 Å². The number of amides is 1. The van der Waals surface area contributed by atoms with Crippen LogP contribution in [0, 0.1) is 11.6 Å². The maximum Gasteiger partial charge on any atom is 0.256 e. The van der Waals surface area contributed by atoms with E-state index < -0.39 is 11.6 Å². The molecule has 0 aliphatic heterocycles. The summed E-state index contributed by atoms with van der Waals surface area (Å²) < 4.78 is 26.5. The lowest BCUT2D eigenvalue weighted by Crippen LogP contribution is -2.19. The van der Waals surface area contributed by atoms with Crippen LogP contribution in [-0.4, -0.2) is 10.9 Å². The summed E-state index contributed by atoms with van der Waals surface area (Å²) >= 11 is 0. The molecule has 3 nitrogen and oxygen atoms in total. The Balaban J connectivity index is 1.81. The van der Waals surface area contributed by atoms with E-state index in [1.165, 1.54) is 6.07 Å². The number of nitrogens with zero attached hydrogens (tertiary/aromatic N) is 1. The van der Waals surface area contributed by atoms with E-state index in [-0.39, 0.29) is 11.6 Å². The zero-order valence-electron chi connectivity index (χ0n) is 13.5. The molecule has 1 aromatic heterocycles. The number of anilines is 1. The molecule has 1 amide bonds. The van der Waals surface area contributed by atoms with Crippen LogP contribution in [0.5, 0.6) is 0 Å². The summed E-state index contributed by atoms with van der Waals surface area (Å²) in [5, 5.41) is 3.48. The number of fused-ring (bicyclic) bond motifs is 2. The number of rotatable bonds is 2. The topological polar surface area (TPSA) is 42.0 Å². The number of nitrogens with one attached hydrogen (secondary N) is 1. The van der Waals surface area contributed by atoms with E-state index in [1.807, 2.05) is 24.3 Å². The van der Waals surface area contributed by atoms with Crippen molar-refractivity contribution in [3.63, 3.8) is 0 Å². The van der Waals surface area contributed by atoms with Crippen molar-refractivity contribution >= 4 is 22.5 Å². The van der Waals surface area contributed by atoms with Gasteiger partial charge in [0.1, 0.15) is 0 Å². The van der Waals surface area contributed by atoms with E-state index in [4.69, 9.17) is 4.98 Å². The third-order valence-electron chi connectivity index (χ3n) is 4.57. The Hall–Kier alpha value is -2.82. The SMILES string of the molecule is O=C(Nc1ccc(F)c(F)c1)c1c2c(nc3ccccc13)CCCC2. The molecule has 1 aliphatic rings. The summed E-state index contributed by atoms with van der Waals surface area (Å²) in [6, 6.07) is 10.9. The number of halogens is 2. The average molecular weight is 338 g/mol. The van der Waals surface area contributed by atoms with Gasteiger partial charge in [-0.2, -0.15) is 0 Å². The van der Waals surface area contributed by atoms with Crippen molar-refractivity contribution in [2.24, 2.45) is 0 Å². The van der Waals surface area contributed by atoms with Crippen LogP contribution in [0.25, 0.3) is 10.9 Å². The molecule has 126 valence electrons. The van der Waals surface area contributed by atoms with Crippen molar-refractivity contribution < 1.29 is 13.6 Å². The molecule has 5 heteroatoms. The Labute approximate surface area is 143 Å². The van der Waals surface area contributed by atoms with Gasteiger partial charge in [0, 0.05) is 22.8 Å². The maximum absolute atomic E-state index is 13.4. The molecule has 0 saturated heterocycles. The van der Waals surface area contributed by atoms with Gasteiger partial charge in [-0.05, 0) is 49.4 Å². The highest BCUT2D eigenvalue weighted by Crippen LogP contribution is 2.30. The molecule has 0 atom stereocenters. The lowest BCUT2D eigenvalue weighted by Gasteiger charge is -2.20. The predicted octanol–water partition coefficient (Wildman–Crippen LogP) is 4.64. The molecule has 0 fully saturated rings. The van der Waals surface area contributed by atoms with Crippen molar-refractivity contribution in [1.29, 1.82) is 0 Å². The number of benzene rings is 2. The number of hydrogen-bond donors (Lipinski definition) is 1. The minimum atomic E-state index is -0.987. The Morgan fingerprint density at radius 3 is 2.64 bits per heavy atom. The number of para-hydroxylation sites is 1. The van der Waals surface area contributed by atoms with Crippen molar-refractivity contribution in [2.75, 3.05) is 5.32 Å². The lowest BCUT2D eigenvalue weighted by atomic mass is 9.89. The van der Waals surface area contributed by atoms with Gasteiger partial charge in [0.2, 0.25) is 0 Å². The number of carbonyl (C=O) groups is 1. The summed E-state index contributed by atoms with van der Waals surface area (Å²) in [4.78, 5) is 17.6. The zero-order valence-corrected chi connectivity index (χ0v) is 13.5. The average Bonchev–Trinajstić information content (AvgIpc) is 2.62. The van der Waals surface area contributed by atoms with Gasteiger partial charge in [0.25, 0.3) is 5.91 Å². The van der Waals surface area contributed by atoms with Crippen LogP contribution in [0.1, 0.15) is 34.5 Å². The first-order chi connectivity index (χ1) is 12.1. The first kappa shape index (κ1) is 15.7. The van der Waals surface area contributed by atoms with Crippen LogP contribution in [-0.2, 0) is 12.8 Å². The van der Waals surface area contributed by atoms with Crippen molar-refractivity contribution in [3.05, 3.63) is 70.9 Å². The Morgan fingerprint density at radius 1 is 1.00 bits per heavy atom. The van der Waals surface area contributed by atoms with Gasteiger partial charge in [0.15, 0.2) is 11.6 Å². The summed E-state index contributed by atoms with van der Waals surface area (Å²) in [5.74, 6) is -2.24. The second-order valence-corrected chi connectivity index (χ2v) is 6.22. The molecule has 2 aromatic carbocycles. The van der Waals surface area contributed by atoms with E-state index in [9.17, 15) is 13.6 Å². The van der Waals surface area contributed by atoms with E-state index in [1.54, 1.807) is 0 Å². The molecule has 1 heterocycles. The van der Waals surface area contributed by atoms with Crippen molar-refractivity contribution in [3.8, 4) is 0 Å². The fraction of sp³-hybridized carbons (Fsp3) is 0.200. The fourth-order valence-electron chi connectivity index (χ4n) is 3.40. The highest BCUT2D eigenvalue weighted by atomic mass is 19.2. The number of aryl methyl sites for hydroxylation is 1. The third-order valence-corrected chi connectivity index (χ3v) is 4.57. The fourth-order valence-corrected chi connectivity index (χ4v) is 3.40. The van der Waals surface area contributed by atoms with Gasteiger partial charge < -0.3 is 5.32 Å². The van der Waals surface area contributed by atoms with Crippen molar-refractivity contribution in [1.82, 2.24) is 4.98 Å². The second kappa shape index (κ2) is 6.24. The summed E-state index contributed by atoms with van der Waals surface area (Å²) in [6.45, 7) is 0. The van der Waals surface area contributed by atoms with Crippen LogP contribution in [0.2, 0.25) is 0 Å². The van der Waals surface area contributed by atoms with Gasteiger partial charge in [-0.1, -0.05) is 18.2 Å². The highest BCUT2D eigenvalue weighted by molar-refractivity contribution is 6.13. The van der Waals surface area contributed by atoms with E-state index in [2.05, 4.69) is 5.32 Å². The van der Waals surface area contributed by atoms with Crippen LogP contribution < -0.4 is 5.32 Å². The Bertz CT molecular complexity index is 985. The summed E-state index contributed by atoms with van der Waals surface area (Å²) in [7, 11) is 0. The van der Waals surface area contributed by atoms with Gasteiger partial charge in [-0.15, -0.1) is 0 Å². The largest absolute Gasteiger partial charge is 0.322 e. The molecule has 0 spiro atoms. The Morgan fingerprint density at radius 2 is 1.80 bits per heavy atom. The first-order valence-electron chi connectivity index (χ1n) is 8.30. The Kier molecular flexibility index (Phi) is 3.92. The highest BCUT2D eigenvalue weighted by Gasteiger charge is 2.22. The molecule has 0 radical (unpaired) electrons. The van der Waals surface area contributed by atoms with E-state index in [0.717, 1.165) is 60.0 Å². The molecule has 0 saturated carbocycles. The standard InChI is InChI=1S/C20H16F2N2O/c21-15-10-9-12(11-16(15)22)23-20(25)19-13-5-1-3-7-17(13)24-18-8-4-2-6-14(18)19/h1,3,5,7,9-11H,2,4,6,8H2,(H,23,25). The van der Waals surface area contributed by atoms with Crippen LogP contribution in [0.4, 0.5) is 14.5 Å². The molecule has 25 heavy (non-hydrogen) atoms. The number of hydrogen-bond acceptors (Lipinski definition) is 2. The molecular formula is C20H16F2N2O. The summed E-state index contributed by atoms with van der Waals surface area (Å²) in [6.07, 6.45) is 3.72. The number of aromatic nitrogens is 1. The summed E-state index contributed by atoms with van der Waals surface area (Å²) in [5.41, 5.74) is 3.52. The van der Waals surface area contributed by atoms with Crippen LogP contribution in [0.15, 0.2) is 42.5 Å².